The molecule has 5 nitrogen and oxygen atoms in total. The van der Waals surface area contributed by atoms with Crippen LogP contribution in [0.25, 0.3) is 0 Å². The number of carbonyl (C=O) groups is 1. The van der Waals surface area contributed by atoms with Crippen LogP contribution in [0.1, 0.15) is 50.2 Å². The van der Waals surface area contributed by atoms with Crippen molar-refractivity contribution >= 4 is 6.03 Å². The van der Waals surface area contributed by atoms with Crippen molar-refractivity contribution in [2.24, 2.45) is 5.92 Å². The Kier molecular flexibility index (Phi) is 5.06. The van der Waals surface area contributed by atoms with E-state index in [1.807, 2.05) is 26.0 Å². The summed E-state index contributed by atoms with van der Waals surface area (Å²) in [6, 6.07) is 3.42. The first-order valence-corrected chi connectivity index (χ1v) is 7.33. The van der Waals surface area contributed by atoms with Gasteiger partial charge < -0.3 is 20.2 Å². The summed E-state index contributed by atoms with van der Waals surface area (Å²) in [4.78, 5) is 11.8. The van der Waals surface area contributed by atoms with Crippen LogP contribution < -0.4 is 10.6 Å². The summed E-state index contributed by atoms with van der Waals surface area (Å²) < 4.78 is 5.48. The average molecular weight is 280 g/mol. The van der Waals surface area contributed by atoms with Crippen LogP contribution >= 0.6 is 0 Å². The third kappa shape index (κ3) is 4.27. The fraction of sp³-hybridized carbons (Fsp3) is 0.667. The molecule has 0 saturated heterocycles. The van der Waals surface area contributed by atoms with E-state index in [1.165, 1.54) is 0 Å². The molecule has 1 aromatic rings. The fourth-order valence-electron chi connectivity index (χ4n) is 2.69. The topological polar surface area (TPSA) is 74.5 Å². The second-order valence-corrected chi connectivity index (χ2v) is 5.71. The minimum absolute atomic E-state index is 0.152. The molecule has 0 aliphatic heterocycles. The van der Waals surface area contributed by atoms with Gasteiger partial charge in [0.1, 0.15) is 11.5 Å². The highest BCUT2D eigenvalue weighted by molar-refractivity contribution is 5.74. The molecule has 1 aromatic heterocycles. The van der Waals surface area contributed by atoms with Crippen LogP contribution in [0.15, 0.2) is 16.5 Å². The smallest absolute Gasteiger partial charge is 0.315 e. The maximum atomic E-state index is 11.8. The van der Waals surface area contributed by atoms with E-state index in [4.69, 9.17) is 4.42 Å². The van der Waals surface area contributed by atoms with Gasteiger partial charge in [0.15, 0.2) is 0 Å². The number of carbonyl (C=O) groups excluding carboxylic acids is 1. The van der Waals surface area contributed by atoms with Crippen LogP contribution in [0.2, 0.25) is 0 Å². The summed E-state index contributed by atoms with van der Waals surface area (Å²) in [5.41, 5.74) is 0. The first-order valence-electron chi connectivity index (χ1n) is 7.33. The van der Waals surface area contributed by atoms with E-state index < -0.39 is 0 Å². The summed E-state index contributed by atoms with van der Waals surface area (Å²) in [6.07, 6.45) is 3.58. The lowest BCUT2D eigenvalue weighted by Crippen LogP contribution is -2.40. The van der Waals surface area contributed by atoms with E-state index in [0.717, 1.165) is 37.2 Å². The van der Waals surface area contributed by atoms with Crippen LogP contribution in [0.5, 0.6) is 0 Å². The summed E-state index contributed by atoms with van der Waals surface area (Å²) in [5, 5.41) is 15.3. The van der Waals surface area contributed by atoms with Crippen molar-refractivity contribution < 1.29 is 14.3 Å². The minimum Gasteiger partial charge on any atom is -0.464 e. The largest absolute Gasteiger partial charge is 0.464 e. The highest BCUT2D eigenvalue weighted by Crippen LogP contribution is 2.23. The normalized spacial score (nSPS) is 24.1. The second-order valence-electron chi connectivity index (χ2n) is 5.71. The van der Waals surface area contributed by atoms with Crippen LogP contribution in [0.4, 0.5) is 4.79 Å². The van der Waals surface area contributed by atoms with Gasteiger partial charge in [0.25, 0.3) is 0 Å². The van der Waals surface area contributed by atoms with Gasteiger partial charge in [-0.3, -0.25) is 0 Å². The fourth-order valence-corrected chi connectivity index (χ4v) is 2.69. The lowest BCUT2D eigenvalue weighted by atomic mass is 9.87. The van der Waals surface area contributed by atoms with Gasteiger partial charge in [-0.15, -0.1) is 0 Å². The maximum absolute atomic E-state index is 11.8. The van der Waals surface area contributed by atoms with Crippen LogP contribution in [-0.4, -0.2) is 23.8 Å². The van der Waals surface area contributed by atoms with Gasteiger partial charge in [0.05, 0.1) is 12.1 Å². The van der Waals surface area contributed by atoms with Gasteiger partial charge in [-0.1, -0.05) is 6.42 Å². The predicted molar refractivity (Wildman–Crippen MR) is 76.4 cm³/mol. The van der Waals surface area contributed by atoms with Crippen molar-refractivity contribution in [3.05, 3.63) is 23.7 Å². The maximum Gasteiger partial charge on any atom is 0.315 e. The van der Waals surface area contributed by atoms with Crippen molar-refractivity contribution in [2.45, 2.75) is 51.7 Å². The zero-order valence-corrected chi connectivity index (χ0v) is 12.2. The van der Waals surface area contributed by atoms with Gasteiger partial charge in [0.2, 0.25) is 0 Å². The molecule has 2 amide bonds. The monoisotopic (exact) mass is 280 g/mol. The molecule has 1 aliphatic rings. The SMILES string of the molecule is Cc1ccc(C(C)NC(=O)NCC2CCCC(O)C2)o1. The Morgan fingerprint density at radius 3 is 2.95 bits per heavy atom. The summed E-state index contributed by atoms with van der Waals surface area (Å²) in [5.74, 6) is 1.97. The quantitative estimate of drug-likeness (QED) is 0.793. The number of furan rings is 1. The molecule has 0 radical (unpaired) electrons. The van der Waals surface area contributed by atoms with E-state index in [1.54, 1.807) is 0 Å². The number of rotatable bonds is 4. The molecule has 3 unspecified atom stereocenters. The number of amides is 2. The number of nitrogens with one attached hydrogen (secondary N) is 2. The Morgan fingerprint density at radius 2 is 2.30 bits per heavy atom. The van der Waals surface area contributed by atoms with Gasteiger partial charge in [0, 0.05) is 6.54 Å². The van der Waals surface area contributed by atoms with Crippen molar-refractivity contribution in [2.75, 3.05) is 6.54 Å². The number of hydrogen-bond donors (Lipinski definition) is 3. The molecule has 112 valence electrons. The second kappa shape index (κ2) is 6.79. The molecule has 0 spiro atoms. The summed E-state index contributed by atoms with van der Waals surface area (Å²) in [6.45, 7) is 4.39. The Balaban J connectivity index is 1.72. The molecule has 1 heterocycles. The Hall–Kier alpha value is -1.49. The Morgan fingerprint density at radius 1 is 1.50 bits per heavy atom. The highest BCUT2D eigenvalue weighted by Gasteiger charge is 2.21. The highest BCUT2D eigenvalue weighted by atomic mass is 16.3. The standard InChI is InChI=1S/C15H24N2O3/c1-10-6-7-14(20-10)11(2)17-15(19)16-9-12-4-3-5-13(18)8-12/h6-7,11-13,18H,3-5,8-9H2,1-2H3,(H2,16,17,19). The van der Waals surface area contributed by atoms with Gasteiger partial charge in [-0.05, 0) is 51.2 Å². The first kappa shape index (κ1) is 14.9. The van der Waals surface area contributed by atoms with E-state index in [9.17, 15) is 9.90 Å². The third-order valence-corrected chi connectivity index (χ3v) is 3.84. The molecule has 2 rings (SSSR count). The zero-order chi connectivity index (χ0) is 14.5. The van der Waals surface area contributed by atoms with Gasteiger partial charge in [-0.25, -0.2) is 4.79 Å². The zero-order valence-electron chi connectivity index (χ0n) is 12.2. The molecule has 3 atom stereocenters. The van der Waals surface area contributed by atoms with E-state index in [-0.39, 0.29) is 18.2 Å². The number of aliphatic hydroxyl groups excluding tert-OH is 1. The van der Waals surface area contributed by atoms with Crippen LogP contribution in [0.3, 0.4) is 0 Å². The number of aryl methyl sites for hydroxylation is 1. The molecule has 0 bridgehead atoms. The van der Waals surface area contributed by atoms with Gasteiger partial charge >= 0.3 is 6.03 Å². The molecule has 1 saturated carbocycles. The molecule has 1 aliphatic carbocycles. The number of hydrogen-bond acceptors (Lipinski definition) is 3. The minimum atomic E-state index is -0.205. The summed E-state index contributed by atoms with van der Waals surface area (Å²) >= 11 is 0. The van der Waals surface area contributed by atoms with Crippen molar-refractivity contribution in [3.63, 3.8) is 0 Å². The first-order chi connectivity index (χ1) is 9.54. The van der Waals surface area contributed by atoms with Crippen LogP contribution in [-0.2, 0) is 0 Å². The average Bonchev–Trinajstić information content (AvgIpc) is 2.83. The molecular formula is C15H24N2O3. The van der Waals surface area contributed by atoms with Crippen LogP contribution in [0, 0.1) is 12.8 Å². The van der Waals surface area contributed by atoms with Crippen molar-refractivity contribution in [1.29, 1.82) is 0 Å². The number of urea groups is 1. The molecule has 0 aromatic carbocycles. The predicted octanol–water partition coefficient (Wildman–Crippen LogP) is 2.50. The molecule has 5 heteroatoms. The lowest BCUT2D eigenvalue weighted by molar-refractivity contribution is 0.101. The number of aliphatic hydroxyl groups is 1. The summed E-state index contributed by atoms with van der Waals surface area (Å²) in [7, 11) is 0. The molecule has 1 fully saturated rings. The third-order valence-electron chi connectivity index (χ3n) is 3.84. The molecular weight excluding hydrogens is 256 g/mol. The van der Waals surface area contributed by atoms with E-state index >= 15 is 0 Å². The Bertz CT molecular complexity index is 444. The molecule has 20 heavy (non-hydrogen) atoms. The van der Waals surface area contributed by atoms with E-state index in [0.29, 0.717) is 12.5 Å². The van der Waals surface area contributed by atoms with Gasteiger partial charge in [-0.2, -0.15) is 0 Å². The lowest BCUT2D eigenvalue weighted by Gasteiger charge is -2.26. The van der Waals surface area contributed by atoms with Crippen molar-refractivity contribution in [3.8, 4) is 0 Å². The van der Waals surface area contributed by atoms with E-state index in [2.05, 4.69) is 10.6 Å². The Labute approximate surface area is 119 Å². The molecule has 3 N–H and O–H groups in total. The van der Waals surface area contributed by atoms with Crippen molar-refractivity contribution in [1.82, 2.24) is 10.6 Å².